The van der Waals surface area contributed by atoms with Crippen molar-refractivity contribution < 1.29 is 5.11 Å². The number of rotatable bonds is 3. The molecule has 1 aromatic rings. The summed E-state index contributed by atoms with van der Waals surface area (Å²) in [5.74, 6) is 0.569. The second-order valence-electron chi connectivity index (χ2n) is 2.89. The lowest BCUT2D eigenvalue weighted by Crippen LogP contribution is -1.93. The zero-order valence-corrected chi connectivity index (χ0v) is 7.70. The molecule has 3 N–H and O–H groups in total. The lowest BCUT2D eigenvalue weighted by atomic mass is 10.2. The molecule has 3 heteroatoms. The quantitative estimate of drug-likeness (QED) is 0.734. The van der Waals surface area contributed by atoms with Gasteiger partial charge in [0.1, 0.15) is 5.82 Å². The SMILES string of the molecule is Cc1cc(C=CCCO)cnc1N. The van der Waals surface area contributed by atoms with E-state index in [2.05, 4.69) is 4.98 Å². The lowest BCUT2D eigenvalue weighted by molar-refractivity contribution is 0.303. The number of nitrogens with zero attached hydrogens (tertiary/aromatic N) is 1. The van der Waals surface area contributed by atoms with Crippen molar-refractivity contribution >= 4 is 11.9 Å². The molecule has 0 fully saturated rings. The topological polar surface area (TPSA) is 59.1 Å². The zero-order chi connectivity index (χ0) is 9.68. The minimum atomic E-state index is 0.178. The molecule has 1 heterocycles. The van der Waals surface area contributed by atoms with Crippen molar-refractivity contribution in [1.29, 1.82) is 0 Å². The van der Waals surface area contributed by atoms with Gasteiger partial charge in [0.25, 0.3) is 0 Å². The normalized spacial score (nSPS) is 10.9. The first-order chi connectivity index (χ1) is 6.24. The molecule has 0 spiro atoms. The van der Waals surface area contributed by atoms with Gasteiger partial charge < -0.3 is 10.8 Å². The van der Waals surface area contributed by atoms with Gasteiger partial charge in [-0.2, -0.15) is 0 Å². The summed E-state index contributed by atoms with van der Waals surface area (Å²) in [4.78, 5) is 4.02. The number of anilines is 1. The van der Waals surface area contributed by atoms with Gasteiger partial charge in [-0.3, -0.25) is 0 Å². The number of aliphatic hydroxyl groups excluding tert-OH is 1. The Morgan fingerprint density at radius 2 is 2.38 bits per heavy atom. The van der Waals surface area contributed by atoms with Crippen molar-refractivity contribution in [2.75, 3.05) is 12.3 Å². The van der Waals surface area contributed by atoms with Crippen LogP contribution >= 0.6 is 0 Å². The highest BCUT2D eigenvalue weighted by atomic mass is 16.2. The Balaban J connectivity index is 2.73. The van der Waals surface area contributed by atoms with E-state index in [0.29, 0.717) is 12.2 Å². The van der Waals surface area contributed by atoms with Crippen LogP contribution in [0.25, 0.3) is 6.08 Å². The molecule has 0 saturated carbocycles. The van der Waals surface area contributed by atoms with Gasteiger partial charge in [0.15, 0.2) is 0 Å². The van der Waals surface area contributed by atoms with Crippen LogP contribution in [0.4, 0.5) is 5.82 Å². The van der Waals surface area contributed by atoms with Gasteiger partial charge in [-0.1, -0.05) is 12.2 Å². The average molecular weight is 178 g/mol. The zero-order valence-electron chi connectivity index (χ0n) is 7.70. The fraction of sp³-hybridized carbons (Fsp3) is 0.300. The minimum Gasteiger partial charge on any atom is -0.396 e. The standard InChI is InChI=1S/C10H14N2O/c1-8-6-9(4-2-3-5-13)7-12-10(8)11/h2,4,6-7,13H,3,5H2,1H3,(H2,11,12). The number of pyridine rings is 1. The molecule has 0 aliphatic carbocycles. The van der Waals surface area contributed by atoms with Gasteiger partial charge in [-0.25, -0.2) is 4.98 Å². The Hall–Kier alpha value is -1.35. The first-order valence-electron chi connectivity index (χ1n) is 4.23. The van der Waals surface area contributed by atoms with Crippen molar-refractivity contribution in [3.63, 3.8) is 0 Å². The van der Waals surface area contributed by atoms with Gasteiger partial charge in [0.05, 0.1) is 0 Å². The highest BCUT2D eigenvalue weighted by Crippen LogP contribution is 2.10. The highest BCUT2D eigenvalue weighted by molar-refractivity contribution is 5.52. The smallest absolute Gasteiger partial charge is 0.126 e. The third kappa shape index (κ3) is 2.87. The molecule has 1 aromatic heterocycles. The molecule has 0 aromatic carbocycles. The second-order valence-corrected chi connectivity index (χ2v) is 2.89. The van der Waals surface area contributed by atoms with E-state index in [1.807, 2.05) is 25.1 Å². The fourth-order valence-electron chi connectivity index (χ4n) is 0.992. The molecule has 0 atom stereocenters. The summed E-state index contributed by atoms with van der Waals surface area (Å²) in [5.41, 5.74) is 7.56. The van der Waals surface area contributed by atoms with E-state index in [9.17, 15) is 0 Å². The summed E-state index contributed by atoms with van der Waals surface area (Å²) in [6, 6.07) is 1.97. The van der Waals surface area contributed by atoms with Crippen LogP contribution < -0.4 is 5.73 Å². The number of nitrogen functional groups attached to an aromatic ring is 1. The molecule has 13 heavy (non-hydrogen) atoms. The molecule has 1 rings (SSSR count). The van der Waals surface area contributed by atoms with Crippen molar-refractivity contribution in [1.82, 2.24) is 4.98 Å². The van der Waals surface area contributed by atoms with E-state index in [0.717, 1.165) is 11.1 Å². The molecule has 0 aliphatic heterocycles. The number of aliphatic hydroxyl groups is 1. The summed E-state index contributed by atoms with van der Waals surface area (Å²) >= 11 is 0. The van der Waals surface area contributed by atoms with Crippen molar-refractivity contribution in [2.45, 2.75) is 13.3 Å². The maximum atomic E-state index is 8.56. The molecular formula is C10H14N2O. The van der Waals surface area contributed by atoms with Crippen LogP contribution in [0.15, 0.2) is 18.3 Å². The van der Waals surface area contributed by atoms with E-state index in [1.54, 1.807) is 6.20 Å². The molecule has 70 valence electrons. The van der Waals surface area contributed by atoms with Crippen molar-refractivity contribution in [3.8, 4) is 0 Å². The van der Waals surface area contributed by atoms with E-state index < -0.39 is 0 Å². The Morgan fingerprint density at radius 3 is 3.00 bits per heavy atom. The number of hydrogen-bond acceptors (Lipinski definition) is 3. The number of aryl methyl sites for hydroxylation is 1. The lowest BCUT2D eigenvalue weighted by Gasteiger charge is -1.99. The van der Waals surface area contributed by atoms with Gasteiger partial charge in [0, 0.05) is 12.8 Å². The van der Waals surface area contributed by atoms with E-state index in [4.69, 9.17) is 10.8 Å². The summed E-state index contributed by atoms with van der Waals surface area (Å²) < 4.78 is 0. The monoisotopic (exact) mass is 178 g/mol. The van der Waals surface area contributed by atoms with Crippen LogP contribution in [0.1, 0.15) is 17.5 Å². The maximum Gasteiger partial charge on any atom is 0.126 e. The Kier molecular flexibility index (Phi) is 3.46. The van der Waals surface area contributed by atoms with Gasteiger partial charge >= 0.3 is 0 Å². The van der Waals surface area contributed by atoms with Crippen molar-refractivity contribution in [2.24, 2.45) is 0 Å². The third-order valence-corrected chi connectivity index (χ3v) is 1.75. The fourth-order valence-corrected chi connectivity index (χ4v) is 0.992. The highest BCUT2D eigenvalue weighted by Gasteiger charge is 1.93. The van der Waals surface area contributed by atoms with Gasteiger partial charge in [0.2, 0.25) is 0 Å². The summed E-state index contributed by atoms with van der Waals surface area (Å²) in [7, 11) is 0. The predicted molar refractivity (Wildman–Crippen MR) is 54.1 cm³/mol. The molecule has 0 bridgehead atoms. The first-order valence-corrected chi connectivity index (χ1v) is 4.23. The predicted octanol–water partition coefficient (Wildman–Crippen LogP) is 1.37. The molecule has 0 aliphatic rings. The van der Waals surface area contributed by atoms with Gasteiger partial charge in [-0.05, 0) is 30.5 Å². The maximum absolute atomic E-state index is 8.56. The number of aromatic nitrogens is 1. The first kappa shape index (κ1) is 9.74. The molecule has 0 radical (unpaired) electrons. The molecule has 0 saturated heterocycles. The van der Waals surface area contributed by atoms with E-state index in [1.165, 1.54) is 0 Å². The van der Waals surface area contributed by atoms with Crippen LogP contribution in [0.3, 0.4) is 0 Å². The van der Waals surface area contributed by atoms with Gasteiger partial charge in [-0.15, -0.1) is 0 Å². The number of nitrogens with two attached hydrogens (primary N) is 1. The van der Waals surface area contributed by atoms with Crippen LogP contribution in [-0.2, 0) is 0 Å². The van der Waals surface area contributed by atoms with Crippen LogP contribution in [0, 0.1) is 6.92 Å². The molecular weight excluding hydrogens is 164 g/mol. The van der Waals surface area contributed by atoms with E-state index in [-0.39, 0.29) is 6.61 Å². The third-order valence-electron chi connectivity index (χ3n) is 1.75. The van der Waals surface area contributed by atoms with Crippen LogP contribution in [0.2, 0.25) is 0 Å². The second kappa shape index (κ2) is 4.62. The summed E-state index contributed by atoms with van der Waals surface area (Å²) in [6.07, 6.45) is 6.22. The summed E-state index contributed by atoms with van der Waals surface area (Å²) in [6.45, 7) is 2.10. The molecule has 0 unspecified atom stereocenters. The minimum absolute atomic E-state index is 0.178. The largest absolute Gasteiger partial charge is 0.396 e. The molecule has 0 amide bonds. The van der Waals surface area contributed by atoms with Crippen LogP contribution in [0.5, 0.6) is 0 Å². The Morgan fingerprint density at radius 1 is 1.62 bits per heavy atom. The summed E-state index contributed by atoms with van der Waals surface area (Å²) in [5, 5.41) is 8.56. The number of hydrogen-bond donors (Lipinski definition) is 2. The van der Waals surface area contributed by atoms with Crippen LogP contribution in [-0.4, -0.2) is 16.7 Å². The van der Waals surface area contributed by atoms with E-state index >= 15 is 0 Å². The van der Waals surface area contributed by atoms with Crippen molar-refractivity contribution in [3.05, 3.63) is 29.5 Å². The Bertz CT molecular complexity index is 308. The molecule has 3 nitrogen and oxygen atoms in total. The average Bonchev–Trinajstić information content (AvgIpc) is 2.12. The Labute approximate surface area is 77.9 Å².